The smallest absolute Gasteiger partial charge is 0.310 e. The molecule has 1 amide bonds. The number of halogens is 1. The van der Waals surface area contributed by atoms with Crippen molar-refractivity contribution in [2.75, 3.05) is 24.4 Å². The molecule has 4 rings (SSSR count). The highest BCUT2D eigenvalue weighted by atomic mass is 32.2. The number of ether oxygens (including phenoxy) is 2. The molecule has 3 aromatic carbocycles. The van der Waals surface area contributed by atoms with E-state index < -0.39 is 28.1 Å². The number of amides is 1. The van der Waals surface area contributed by atoms with E-state index in [0.29, 0.717) is 22.6 Å². The number of carbonyl (C=O) groups excluding carboxylic acids is 2. The van der Waals surface area contributed by atoms with Gasteiger partial charge in [-0.2, -0.15) is 0 Å². The minimum Gasteiger partial charge on any atom is -0.489 e. The van der Waals surface area contributed by atoms with Crippen molar-refractivity contribution >= 4 is 39.3 Å². The molecule has 0 aliphatic carbocycles. The zero-order valence-electron chi connectivity index (χ0n) is 25.2. The van der Waals surface area contributed by atoms with Gasteiger partial charge in [0.1, 0.15) is 17.9 Å². The largest absolute Gasteiger partial charge is 0.489 e. The molecule has 7 nitrogen and oxygen atoms in total. The van der Waals surface area contributed by atoms with E-state index in [0.717, 1.165) is 27.6 Å². The molecule has 0 saturated heterocycles. The van der Waals surface area contributed by atoms with Crippen molar-refractivity contribution in [2.45, 2.75) is 58.3 Å². The molecule has 1 aromatic heterocycles. The molecule has 1 unspecified atom stereocenters. The van der Waals surface area contributed by atoms with Crippen LogP contribution in [0.1, 0.15) is 57.2 Å². The molecule has 1 heterocycles. The Labute approximate surface area is 254 Å². The van der Waals surface area contributed by atoms with Gasteiger partial charge in [0.25, 0.3) is 0 Å². The van der Waals surface area contributed by atoms with Gasteiger partial charge in [-0.05, 0) is 68.7 Å². The Bertz CT molecular complexity index is 1620. The number of benzene rings is 3. The van der Waals surface area contributed by atoms with Crippen LogP contribution in [-0.4, -0.2) is 39.9 Å². The molecule has 0 aliphatic rings. The molecular weight excluding hydrogens is 569 g/mol. The molecule has 0 bridgehead atoms. The van der Waals surface area contributed by atoms with Gasteiger partial charge in [0.15, 0.2) is 0 Å². The van der Waals surface area contributed by atoms with Crippen LogP contribution in [0.25, 0.3) is 22.1 Å². The molecule has 0 radical (unpaired) electrons. The van der Waals surface area contributed by atoms with Crippen LogP contribution >= 0.6 is 0 Å². The van der Waals surface area contributed by atoms with Crippen LogP contribution < -0.4 is 10.1 Å². The second-order valence-corrected chi connectivity index (χ2v) is 13.6. The van der Waals surface area contributed by atoms with Gasteiger partial charge in [0.05, 0.1) is 26.0 Å². The van der Waals surface area contributed by atoms with Gasteiger partial charge in [0.2, 0.25) is 5.91 Å². The fourth-order valence-corrected chi connectivity index (χ4v) is 5.86. The van der Waals surface area contributed by atoms with Crippen LogP contribution in [0.5, 0.6) is 5.75 Å². The lowest BCUT2D eigenvalue weighted by Crippen LogP contribution is -2.27. The van der Waals surface area contributed by atoms with E-state index in [1.165, 1.54) is 6.92 Å². The van der Waals surface area contributed by atoms with Gasteiger partial charge in [0, 0.05) is 62.4 Å². The minimum absolute atomic E-state index is 0.0259. The van der Waals surface area contributed by atoms with Crippen LogP contribution in [0.4, 0.5) is 10.1 Å². The summed E-state index contributed by atoms with van der Waals surface area (Å²) in [4.78, 5) is 23.9. The molecule has 1 N–H and O–H groups in total. The maximum absolute atomic E-state index is 14.2. The molecule has 0 fully saturated rings. The summed E-state index contributed by atoms with van der Waals surface area (Å²) in [7, 11) is -1.20. The third kappa shape index (κ3) is 8.32. The van der Waals surface area contributed by atoms with Crippen molar-refractivity contribution in [3.05, 3.63) is 83.6 Å². The normalized spacial score (nSPS) is 13.0. The first kappa shape index (κ1) is 31.9. The van der Waals surface area contributed by atoms with E-state index in [9.17, 15) is 18.2 Å². The number of anilines is 1. The lowest BCUT2D eigenvalue weighted by molar-refractivity contribution is -0.142. The summed E-state index contributed by atoms with van der Waals surface area (Å²) in [6, 6.07) is 18.6. The standard InChI is InChI=1S/C34H38FNO6S/c1-6-40-32(38)17-26-10-11-29(36-22(2)37)18-31(26)42-20-23-14-27-12-13-41-33(27)30(15-23)25-9-7-8-24(16-25)28(19-35)21-43(39)34(3,4)5/h7-16,18,28H,6,17,19-21H2,1-5H3,(H,36,37)/t28?,43-/m0/s1. The Morgan fingerprint density at radius 2 is 1.86 bits per heavy atom. The van der Waals surface area contributed by atoms with E-state index in [2.05, 4.69) is 5.32 Å². The third-order valence-electron chi connectivity index (χ3n) is 6.92. The highest BCUT2D eigenvalue weighted by molar-refractivity contribution is 7.86. The van der Waals surface area contributed by atoms with E-state index in [-0.39, 0.29) is 37.3 Å². The average Bonchev–Trinajstić information content (AvgIpc) is 3.43. The Morgan fingerprint density at radius 3 is 2.56 bits per heavy atom. The number of hydrogen-bond donors (Lipinski definition) is 1. The molecule has 9 heteroatoms. The fourth-order valence-electron chi connectivity index (χ4n) is 4.71. The predicted molar refractivity (Wildman–Crippen MR) is 169 cm³/mol. The monoisotopic (exact) mass is 607 g/mol. The maximum atomic E-state index is 14.2. The van der Waals surface area contributed by atoms with E-state index in [1.807, 2.05) is 63.2 Å². The maximum Gasteiger partial charge on any atom is 0.310 e. The molecule has 4 aromatic rings. The van der Waals surface area contributed by atoms with Crippen molar-refractivity contribution in [3.63, 3.8) is 0 Å². The summed E-state index contributed by atoms with van der Waals surface area (Å²) in [5.41, 5.74) is 5.15. The molecule has 0 aliphatic heterocycles. The summed E-state index contributed by atoms with van der Waals surface area (Å²) < 4.78 is 43.7. The Hall–Kier alpha value is -3.98. The van der Waals surface area contributed by atoms with Gasteiger partial charge < -0.3 is 19.2 Å². The van der Waals surface area contributed by atoms with E-state index >= 15 is 0 Å². The highest BCUT2D eigenvalue weighted by Gasteiger charge is 2.25. The first-order chi connectivity index (χ1) is 20.5. The summed E-state index contributed by atoms with van der Waals surface area (Å²) in [6.45, 7) is 8.69. The summed E-state index contributed by atoms with van der Waals surface area (Å²) in [5.74, 6) is -0.403. The molecule has 2 atom stereocenters. The van der Waals surface area contributed by atoms with E-state index in [4.69, 9.17) is 13.9 Å². The summed E-state index contributed by atoms with van der Waals surface area (Å²) >= 11 is 0. The van der Waals surface area contributed by atoms with Gasteiger partial charge in [-0.1, -0.05) is 30.3 Å². The van der Waals surface area contributed by atoms with Crippen LogP contribution in [-0.2, 0) is 38.2 Å². The Balaban J connectivity index is 1.65. The highest BCUT2D eigenvalue weighted by Crippen LogP contribution is 2.34. The van der Waals surface area contributed by atoms with Gasteiger partial charge >= 0.3 is 5.97 Å². The number of hydrogen-bond acceptors (Lipinski definition) is 6. The molecule has 0 spiro atoms. The number of esters is 1. The third-order valence-corrected chi connectivity index (χ3v) is 8.99. The quantitative estimate of drug-likeness (QED) is 0.169. The lowest BCUT2D eigenvalue weighted by Gasteiger charge is -2.22. The van der Waals surface area contributed by atoms with Crippen molar-refractivity contribution in [2.24, 2.45) is 0 Å². The van der Waals surface area contributed by atoms with Gasteiger partial charge in [-0.15, -0.1) is 0 Å². The first-order valence-corrected chi connectivity index (χ1v) is 15.5. The Morgan fingerprint density at radius 1 is 1.07 bits per heavy atom. The van der Waals surface area contributed by atoms with Crippen LogP contribution in [0.15, 0.2) is 71.3 Å². The zero-order valence-corrected chi connectivity index (χ0v) is 26.0. The minimum atomic E-state index is -1.20. The topological polar surface area (TPSA) is 94.8 Å². The van der Waals surface area contributed by atoms with Crippen LogP contribution in [0, 0.1) is 0 Å². The number of carbonyl (C=O) groups is 2. The number of alkyl halides is 1. The fraction of sp³-hybridized carbons (Fsp3) is 0.353. The molecular formula is C34H38FNO6S. The first-order valence-electron chi connectivity index (χ1n) is 14.2. The van der Waals surface area contributed by atoms with Crippen molar-refractivity contribution in [1.29, 1.82) is 0 Å². The second-order valence-electron chi connectivity index (χ2n) is 11.4. The summed E-state index contributed by atoms with van der Waals surface area (Å²) in [5, 5.41) is 3.62. The van der Waals surface area contributed by atoms with Crippen molar-refractivity contribution in [3.8, 4) is 16.9 Å². The molecule has 43 heavy (non-hydrogen) atoms. The number of nitrogens with one attached hydrogen (secondary N) is 1. The number of fused-ring (bicyclic) bond motifs is 1. The molecule has 0 saturated carbocycles. The van der Waals surface area contributed by atoms with Crippen LogP contribution in [0.3, 0.4) is 0 Å². The number of furan rings is 1. The SMILES string of the molecule is CCOC(=O)Cc1ccc(NC(C)=O)cc1OCc1cc(-c2cccc(C(CF)C[S@](=O)C(C)(C)C)c2)c2occc2c1. The van der Waals surface area contributed by atoms with Gasteiger partial charge in [-0.25, -0.2) is 0 Å². The van der Waals surface area contributed by atoms with Gasteiger partial charge in [-0.3, -0.25) is 18.2 Å². The van der Waals surface area contributed by atoms with Crippen molar-refractivity contribution in [1.82, 2.24) is 0 Å². The zero-order chi connectivity index (χ0) is 31.1. The molecule has 228 valence electrons. The van der Waals surface area contributed by atoms with Crippen molar-refractivity contribution < 1.29 is 32.1 Å². The van der Waals surface area contributed by atoms with E-state index in [1.54, 1.807) is 31.4 Å². The predicted octanol–water partition coefficient (Wildman–Crippen LogP) is 7.34. The number of rotatable bonds is 12. The van der Waals surface area contributed by atoms with Crippen LogP contribution in [0.2, 0.25) is 0 Å². The lowest BCUT2D eigenvalue weighted by atomic mass is 9.95. The second kappa shape index (κ2) is 14.0. The average molecular weight is 608 g/mol. The Kier molecular flexibility index (Phi) is 10.4. The summed E-state index contributed by atoms with van der Waals surface area (Å²) in [6.07, 6.45) is 1.64.